The minimum absolute atomic E-state index is 0.0597. The fraction of sp³-hybridized carbons (Fsp3) is 0.355. The van der Waals surface area contributed by atoms with E-state index in [1.54, 1.807) is 31.9 Å². The average Bonchev–Trinajstić information content (AvgIpc) is 3.70. The second-order valence-electron chi connectivity index (χ2n) is 10.7. The Bertz CT molecular complexity index is 1590. The smallest absolute Gasteiger partial charge is 0.274 e. The lowest BCUT2D eigenvalue weighted by atomic mass is 9.88. The molecule has 41 heavy (non-hydrogen) atoms. The van der Waals surface area contributed by atoms with E-state index in [-0.39, 0.29) is 23.6 Å². The number of carbonyl (C=O) groups excluding carboxylic acids is 3. The minimum atomic E-state index is -0.426. The van der Waals surface area contributed by atoms with Gasteiger partial charge in [-0.1, -0.05) is 30.3 Å². The number of fused-ring (bicyclic) bond motifs is 5. The topological polar surface area (TPSA) is 96.8 Å². The van der Waals surface area contributed by atoms with Crippen LogP contribution < -0.4 is 10.1 Å². The molecule has 2 aliphatic rings. The maximum atomic E-state index is 13.7. The Balaban J connectivity index is 1.25. The van der Waals surface area contributed by atoms with Crippen molar-refractivity contribution in [3.8, 4) is 5.75 Å². The molecular weight excluding hydrogens is 538 g/mol. The molecule has 2 aliphatic heterocycles. The lowest BCUT2D eigenvalue weighted by molar-refractivity contribution is -0.125. The molecule has 1 N–H and O–H groups in total. The fourth-order valence-electron chi connectivity index (χ4n) is 5.75. The van der Waals surface area contributed by atoms with E-state index in [1.807, 2.05) is 67.9 Å². The molecule has 1 saturated heterocycles. The SMILES string of the molecule is Cc1cc(C(=O)N2CCCOc3cccc(c3)[C@H]3CN(C(=O)c4csc5ccccc45)C[C@@H]3C(=O)NCC2)nn1C. The first-order valence-electron chi connectivity index (χ1n) is 13.9. The Morgan fingerprint density at radius 3 is 2.66 bits per heavy atom. The molecule has 0 radical (unpaired) electrons. The lowest BCUT2D eigenvalue weighted by Gasteiger charge is -2.24. The predicted octanol–water partition coefficient (Wildman–Crippen LogP) is 3.84. The quantitative estimate of drug-likeness (QED) is 0.395. The van der Waals surface area contributed by atoms with Gasteiger partial charge in [0.1, 0.15) is 5.75 Å². The first-order valence-corrected chi connectivity index (χ1v) is 14.8. The van der Waals surface area contributed by atoms with Gasteiger partial charge in [-0.05, 0) is 43.2 Å². The van der Waals surface area contributed by atoms with Crippen LogP contribution in [-0.4, -0.2) is 76.6 Å². The average molecular weight is 572 g/mol. The zero-order valence-corrected chi connectivity index (χ0v) is 24.0. The highest BCUT2D eigenvalue weighted by Crippen LogP contribution is 2.36. The van der Waals surface area contributed by atoms with Crippen molar-refractivity contribution in [1.29, 1.82) is 0 Å². The summed E-state index contributed by atoms with van der Waals surface area (Å²) in [7, 11) is 1.81. The number of nitrogens with one attached hydrogen (secondary N) is 1. The Labute approximate surface area is 242 Å². The van der Waals surface area contributed by atoms with Crippen LogP contribution in [0.25, 0.3) is 10.1 Å². The van der Waals surface area contributed by atoms with Crippen LogP contribution >= 0.6 is 11.3 Å². The van der Waals surface area contributed by atoms with Crippen molar-refractivity contribution in [2.24, 2.45) is 13.0 Å². The minimum Gasteiger partial charge on any atom is -0.494 e. The summed E-state index contributed by atoms with van der Waals surface area (Å²) in [5.41, 5.74) is 2.94. The van der Waals surface area contributed by atoms with E-state index in [1.165, 1.54) is 0 Å². The summed E-state index contributed by atoms with van der Waals surface area (Å²) >= 11 is 1.55. The molecule has 0 unspecified atom stereocenters. The van der Waals surface area contributed by atoms with Crippen molar-refractivity contribution in [3.63, 3.8) is 0 Å². The Morgan fingerprint density at radius 1 is 1.00 bits per heavy atom. The number of rotatable bonds is 2. The van der Waals surface area contributed by atoms with Crippen molar-refractivity contribution in [3.05, 3.63) is 82.5 Å². The number of carbonyl (C=O) groups is 3. The van der Waals surface area contributed by atoms with E-state index in [0.717, 1.165) is 21.3 Å². The monoisotopic (exact) mass is 571 g/mol. The Morgan fingerprint density at radius 2 is 1.83 bits per heavy atom. The number of thiophene rings is 1. The highest BCUT2D eigenvalue weighted by molar-refractivity contribution is 7.17. The fourth-order valence-corrected chi connectivity index (χ4v) is 6.69. The van der Waals surface area contributed by atoms with Gasteiger partial charge in [0.05, 0.1) is 18.1 Å². The molecule has 0 saturated carbocycles. The number of likely N-dealkylation sites (tertiary alicyclic amines) is 1. The summed E-state index contributed by atoms with van der Waals surface area (Å²) in [6.07, 6.45) is 0.638. The van der Waals surface area contributed by atoms with Gasteiger partial charge in [-0.3, -0.25) is 19.1 Å². The number of hydrogen-bond donors (Lipinski definition) is 1. The number of hydrogen-bond acceptors (Lipinski definition) is 6. The molecule has 4 aromatic rings. The first-order chi connectivity index (χ1) is 19.9. The van der Waals surface area contributed by atoms with Crippen LogP contribution in [0.3, 0.4) is 0 Å². The standard InChI is InChI=1S/C31H33N5O4S/c1-20-15-27(33-34(20)2)31(39)35-12-6-14-40-22-8-5-7-21(16-22)24-17-36(18-25(24)29(37)32-11-13-35)30(38)26-19-41-28-10-4-3-9-23(26)28/h3-5,7-10,15-16,19,24-25H,6,11-14,17-18H2,1-2H3,(H,32,37)/t24-,25+/m1/s1. The van der Waals surface area contributed by atoms with E-state index in [9.17, 15) is 14.4 Å². The number of ether oxygens (including phenoxy) is 1. The molecule has 10 heteroatoms. The second-order valence-corrected chi connectivity index (χ2v) is 11.6. The van der Waals surface area contributed by atoms with Gasteiger partial charge in [-0.25, -0.2) is 0 Å². The summed E-state index contributed by atoms with van der Waals surface area (Å²) in [6, 6.07) is 17.5. The van der Waals surface area contributed by atoms with E-state index < -0.39 is 5.92 Å². The van der Waals surface area contributed by atoms with Gasteiger partial charge < -0.3 is 19.9 Å². The molecule has 2 aromatic heterocycles. The first kappa shape index (κ1) is 27.0. The molecule has 9 nitrogen and oxygen atoms in total. The molecule has 2 aromatic carbocycles. The van der Waals surface area contributed by atoms with Crippen LogP contribution in [0.15, 0.2) is 60.0 Å². The molecule has 6 rings (SSSR count). The molecule has 4 heterocycles. The molecule has 2 atom stereocenters. The molecule has 3 amide bonds. The van der Waals surface area contributed by atoms with E-state index in [2.05, 4.69) is 10.4 Å². The van der Waals surface area contributed by atoms with Crippen molar-refractivity contribution >= 4 is 39.1 Å². The molecular formula is C31H33N5O4S. The van der Waals surface area contributed by atoms with Crippen molar-refractivity contribution in [2.75, 3.05) is 39.3 Å². The highest BCUT2D eigenvalue weighted by atomic mass is 32.1. The van der Waals surface area contributed by atoms with E-state index in [0.29, 0.717) is 62.8 Å². The number of aryl methyl sites for hydroxylation is 2. The second kappa shape index (κ2) is 11.4. The van der Waals surface area contributed by atoms with Crippen LogP contribution in [0.4, 0.5) is 0 Å². The Kier molecular flexibility index (Phi) is 7.49. The van der Waals surface area contributed by atoms with Crippen molar-refractivity contribution in [2.45, 2.75) is 19.3 Å². The molecule has 2 bridgehead atoms. The van der Waals surface area contributed by atoms with Gasteiger partial charge in [0.15, 0.2) is 5.69 Å². The maximum absolute atomic E-state index is 13.7. The molecule has 212 valence electrons. The van der Waals surface area contributed by atoms with Gasteiger partial charge >= 0.3 is 0 Å². The van der Waals surface area contributed by atoms with Gasteiger partial charge in [-0.2, -0.15) is 5.10 Å². The van der Waals surface area contributed by atoms with E-state index in [4.69, 9.17) is 4.74 Å². The Hall–Kier alpha value is -4.18. The summed E-state index contributed by atoms with van der Waals surface area (Å²) < 4.78 is 8.82. The predicted molar refractivity (Wildman–Crippen MR) is 157 cm³/mol. The molecule has 1 fully saturated rings. The summed E-state index contributed by atoms with van der Waals surface area (Å²) in [5, 5.41) is 10.3. The number of nitrogens with zero attached hydrogens (tertiary/aromatic N) is 4. The third kappa shape index (κ3) is 5.44. The molecule has 0 aliphatic carbocycles. The molecule has 0 spiro atoms. The van der Waals surface area contributed by atoms with Gasteiger partial charge in [0, 0.05) is 66.8 Å². The maximum Gasteiger partial charge on any atom is 0.274 e. The third-order valence-electron chi connectivity index (χ3n) is 8.08. The number of benzene rings is 2. The largest absolute Gasteiger partial charge is 0.494 e. The zero-order valence-electron chi connectivity index (χ0n) is 23.2. The van der Waals surface area contributed by atoms with Gasteiger partial charge in [0.2, 0.25) is 5.91 Å². The summed E-state index contributed by atoms with van der Waals surface area (Å²) in [5.74, 6) is -0.240. The van der Waals surface area contributed by atoms with Crippen molar-refractivity contribution < 1.29 is 19.1 Å². The normalized spacial score (nSPS) is 19.8. The number of amides is 3. The highest BCUT2D eigenvalue weighted by Gasteiger charge is 2.41. The summed E-state index contributed by atoms with van der Waals surface area (Å²) in [6.45, 7) is 4.25. The van der Waals surface area contributed by atoms with Crippen LogP contribution in [0.5, 0.6) is 5.75 Å². The van der Waals surface area contributed by atoms with Gasteiger partial charge in [0.25, 0.3) is 11.8 Å². The van der Waals surface area contributed by atoms with Crippen LogP contribution in [0.2, 0.25) is 0 Å². The zero-order chi connectivity index (χ0) is 28.5. The van der Waals surface area contributed by atoms with Crippen LogP contribution in [0.1, 0.15) is 44.4 Å². The van der Waals surface area contributed by atoms with Crippen molar-refractivity contribution in [1.82, 2.24) is 24.9 Å². The number of aromatic nitrogens is 2. The third-order valence-corrected chi connectivity index (χ3v) is 9.05. The lowest BCUT2D eigenvalue weighted by Crippen LogP contribution is -2.42. The summed E-state index contributed by atoms with van der Waals surface area (Å²) in [4.78, 5) is 44.1. The van der Waals surface area contributed by atoms with Crippen LogP contribution in [-0.2, 0) is 11.8 Å². The van der Waals surface area contributed by atoms with Crippen LogP contribution in [0, 0.1) is 12.8 Å². The van der Waals surface area contributed by atoms with Gasteiger partial charge in [-0.15, -0.1) is 11.3 Å². The van der Waals surface area contributed by atoms with E-state index >= 15 is 0 Å².